The molecular weight excluding hydrogens is 319 g/mol. The zero-order valence-electron chi connectivity index (χ0n) is 13.4. The number of hydrogen-bond acceptors (Lipinski definition) is 3. The quantitative estimate of drug-likeness (QED) is 0.937. The summed E-state index contributed by atoms with van der Waals surface area (Å²) in [7, 11) is 1.61. The number of fused-ring (bicyclic) bond motifs is 1. The van der Waals surface area contributed by atoms with Crippen LogP contribution in [-0.2, 0) is 18.1 Å². The van der Waals surface area contributed by atoms with E-state index in [4.69, 9.17) is 0 Å². The maximum absolute atomic E-state index is 13.1. The molecule has 0 unspecified atom stereocenters. The molecule has 1 N–H and O–H groups in total. The lowest BCUT2D eigenvalue weighted by atomic mass is 9.78. The van der Waals surface area contributed by atoms with Crippen LogP contribution in [-0.4, -0.2) is 34.2 Å². The molecule has 8 heteroatoms. The molecule has 128 valence electrons. The Balaban J connectivity index is 2.00. The number of nitrogens with one attached hydrogen (secondary N) is 1. The molecule has 0 amide bonds. The van der Waals surface area contributed by atoms with Gasteiger partial charge in [-0.25, -0.2) is 4.98 Å². The average Bonchev–Trinajstić information content (AvgIpc) is 3.06. The molecule has 2 aromatic heterocycles. The van der Waals surface area contributed by atoms with Crippen LogP contribution in [0.4, 0.5) is 13.2 Å². The topological polar surface area (TPSA) is 55.1 Å². The smallest absolute Gasteiger partial charge is 0.369 e. The molecule has 5 nitrogen and oxygen atoms in total. The molecule has 24 heavy (non-hydrogen) atoms. The molecule has 0 aromatic carbocycles. The van der Waals surface area contributed by atoms with Crippen LogP contribution in [0.25, 0.3) is 0 Å². The van der Waals surface area contributed by atoms with Gasteiger partial charge in [0.15, 0.2) is 0 Å². The van der Waals surface area contributed by atoms with Gasteiger partial charge in [-0.1, -0.05) is 6.92 Å². The molecule has 1 aliphatic rings. The predicted octanol–water partition coefficient (Wildman–Crippen LogP) is 2.62. The zero-order valence-corrected chi connectivity index (χ0v) is 13.4. The van der Waals surface area contributed by atoms with Gasteiger partial charge in [0.1, 0.15) is 11.5 Å². The summed E-state index contributed by atoms with van der Waals surface area (Å²) in [6.07, 6.45) is -0.345. The van der Waals surface area contributed by atoms with E-state index < -0.39 is 17.3 Å². The number of amidine groups is 1. The lowest BCUT2D eigenvalue weighted by Crippen LogP contribution is -2.47. The normalized spacial score (nSPS) is 22.3. The Morgan fingerprint density at radius 1 is 1.38 bits per heavy atom. The van der Waals surface area contributed by atoms with Crippen molar-refractivity contribution < 1.29 is 13.2 Å². The Bertz CT molecular complexity index is 752. The molecule has 0 aliphatic carbocycles. The summed E-state index contributed by atoms with van der Waals surface area (Å²) < 4.78 is 41.0. The van der Waals surface area contributed by atoms with Crippen LogP contribution in [0.1, 0.15) is 30.3 Å². The molecule has 3 rings (SSSR count). The minimum Gasteiger partial charge on any atom is -0.369 e. The number of hydrogen-bond donors (Lipinski definition) is 1. The zero-order chi connectivity index (χ0) is 17.4. The molecule has 2 aromatic rings. The SMILES string of the molecule is CN=C1NC[C@@](C)(CCn2cccn2)c2nc(C(F)(F)F)ccc21. The lowest BCUT2D eigenvalue weighted by molar-refractivity contribution is -0.141. The lowest BCUT2D eigenvalue weighted by Gasteiger charge is -2.36. The second kappa shape index (κ2) is 5.92. The van der Waals surface area contributed by atoms with Crippen LogP contribution in [0.15, 0.2) is 35.6 Å². The van der Waals surface area contributed by atoms with E-state index in [0.29, 0.717) is 36.6 Å². The molecule has 0 radical (unpaired) electrons. The monoisotopic (exact) mass is 337 g/mol. The Hall–Kier alpha value is -2.38. The van der Waals surface area contributed by atoms with Crippen LogP contribution in [0.2, 0.25) is 0 Å². The van der Waals surface area contributed by atoms with Crippen LogP contribution in [0.3, 0.4) is 0 Å². The molecular formula is C16H18F3N5. The second-order valence-electron chi connectivity index (χ2n) is 6.10. The Morgan fingerprint density at radius 3 is 2.79 bits per heavy atom. The van der Waals surface area contributed by atoms with Crippen molar-refractivity contribution in [1.29, 1.82) is 0 Å². The molecule has 0 spiro atoms. The molecule has 1 aliphatic heterocycles. The standard InChI is InChI=1S/C16H18F3N5/c1-15(6-9-24-8-3-7-22-24)10-21-14(20-2)11-4-5-12(16(17,18)19)23-13(11)15/h3-5,7-8H,6,9-10H2,1-2H3,(H,20,21)/t15-/m1/s1. The number of aryl methyl sites for hydroxylation is 1. The highest BCUT2D eigenvalue weighted by Gasteiger charge is 2.39. The van der Waals surface area contributed by atoms with Gasteiger partial charge < -0.3 is 5.32 Å². The summed E-state index contributed by atoms with van der Waals surface area (Å²) in [5, 5.41) is 7.35. The molecule has 3 heterocycles. The van der Waals surface area contributed by atoms with Crippen molar-refractivity contribution in [2.75, 3.05) is 13.6 Å². The first-order valence-corrected chi connectivity index (χ1v) is 7.61. The first-order chi connectivity index (χ1) is 11.3. The van der Waals surface area contributed by atoms with Crippen molar-refractivity contribution in [3.05, 3.63) is 47.5 Å². The van der Waals surface area contributed by atoms with Crippen molar-refractivity contribution in [2.45, 2.75) is 31.5 Å². The summed E-state index contributed by atoms with van der Waals surface area (Å²) in [4.78, 5) is 8.08. The fraction of sp³-hybridized carbons (Fsp3) is 0.438. The highest BCUT2D eigenvalue weighted by molar-refractivity contribution is 6.01. The summed E-state index contributed by atoms with van der Waals surface area (Å²) in [6.45, 7) is 2.99. The molecule has 0 saturated carbocycles. The van der Waals surface area contributed by atoms with Crippen molar-refractivity contribution in [2.24, 2.45) is 4.99 Å². The van der Waals surface area contributed by atoms with E-state index in [1.54, 1.807) is 17.9 Å². The number of aliphatic imine (C=N–C) groups is 1. The Morgan fingerprint density at radius 2 is 2.17 bits per heavy atom. The van der Waals surface area contributed by atoms with Crippen molar-refractivity contribution in [3.63, 3.8) is 0 Å². The van der Waals surface area contributed by atoms with E-state index in [1.165, 1.54) is 6.07 Å². The number of nitrogens with zero attached hydrogens (tertiary/aromatic N) is 4. The average molecular weight is 337 g/mol. The fourth-order valence-electron chi connectivity index (χ4n) is 2.93. The van der Waals surface area contributed by atoms with Crippen LogP contribution in [0, 0.1) is 0 Å². The van der Waals surface area contributed by atoms with Gasteiger partial charge in [0.05, 0.1) is 5.69 Å². The predicted molar refractivity (Wildman–Crippen MR) is 83.9 cm³/mol. The summed E-state index contributed by atoms with van der Waals surface area (Å²) in [5.74, 6) is 0.572. The number of rotatable bonds is 3. The van der Waals surface area contributed by atoms with Crippen molar-refractivity contribution >= 4 is 5.84 Å². The van der Waals surface area contributed by atoms with E-state index in [9.17, 15) is 13.2 Å². The second-order valence-corrected chi connectivity index (χ2v) is 6.10. The third-order valence-corrected chi connectivity index (χ3v) is 4.33. The van der Waals surface area contributed by atoms with Gasteiger partial charge in [-0.15, -0.1) is 0 Å². The Labute approximate surface area is 137 Å². The number of alkyl halides is 3. The van der Waals surface area contributed by atoms with E-state index in [-0.39, 0.29) is 0 Å². The third kappa shape index (κ3) is 3.00. The Kier molecular flexibility index (Phi) is 4.06. The summed E-state index contributed by atoms with van der Waals surface area (Å²) in [6, 6.07) is 4.27. The highest BCUT2D eigenvalue weighted by atomic mass is 19.4. The third-order valence-electron chi connectivity index (χ3n) is 4.33. The maximum atomic E-state index is 13.1. The summed E-state index contributed by atoms with van der Waals surface area (Å²) in [5.41, 5.74) is -0.357. The molecule has 0 bridgehead atoms. The number of pyridine rings is 1. The van der Waals surface area contributed by atoms with Crippen LogP contribution >= 0.6 is 0 Å². The summed E-state index contributed by atoms with van der Waals surface area (Å²) >= 11 is 0. The van der Waals surface area contributed by atoms with Crippen molar-refractivity contribution in [1.82, 2.24) is 20.1 Å². The van der Waals surface area contributed by atoms with Gasteiger partial charge >= 0.3 is 6.18 Å². The molecule has 0 fully saturated rings. The molecule has 0 saturated heterocycles. The van der Waals surface area contributed by atoms with Gasteiger partial charge in [-0.05, 0) is 24.6 Å². The van der Waals surface area contributed by atoms with Gasteiger partial charge in [0, 0.05) is 43.5 Å². The minimum absolute atomic E-state index is 0.434. The van der Waals surface area contributed by atoms with Gasteiger partial charge in [0.2, 0.25) is 0 Å². The van der Waals surface area contributed by atoms with E-state index in [0.717, 1.165) is 6.07 Å². The van der Waals surface area contributed by atoms with Gasteiger partial charge in [0.25, 0.3) is 0 Å². The van der Waals surface area contributed by atoms with E-state index >= 15 is 0 Å². The first kappa shape index (κ1) is 16.5. The highest BCUT2D eigenvalue weighted by Crippen LogP contribution is 2.35. The van der Waals surface area contributed by atoms with Crippen molar-refractivity contribution in [3.8, 4) is 0 Å². The van der Waals surface area contributed by atoms with E-state index in [1.807, 2.05) is 19.2 Å². The number of aromatic nitrogens is 3. The fourth-order valence-corrected chi connectivity index (χ4v) is 2.93. The van der Waals surface area contributed by atoms with Gasteiger partial charge in [-0.2, -0.15) is 18.3 Å². The molecule has 1 atom stereocenters. The largest absolute Gasteiger partial charge is 0.433 e. The minimum atomic E-state index is -4.47. The van der Waals surface area contributed by atoms with Crippen LogP contribution < -0.4 is 5.32 Å². The first-order valence-electron chi connectivity index (χ1n) is 7.61. The number of halogens is 3. The van der Waals surface area contributed by atoms with E-state index in [2.05, 4.69) is 20.4 Å². The van der Waals surface area contributed by atoms with Crippen LogP contribution in [0.5, 0.6) is 0 Å². The van der Waals surface area contributed by atoms with Gasteiger partial charge in [-0.3, -0.25) is 9.67 Å². The maximum Gasteiger partial charge on any atom is 0.433 e.